The summed E-state index contributed by atoms with van der Waals surface area (Å²) in [5, 5.41) is 5.50. The summed E-state index contributed by atoms with van der Waals surface area (Å²) in [5.41, 5.74) is -0.197. The van der Waals surface area contributed by atoms with E-state index in [1.807, 2.05) is 23.1 Å². The van der Waals surface area contributed by atoms with Gasteiger partial charge in [0.05, 0.1) is 24.3 Å². The molecule has 0 unspecified atom stereocenters. The zero-order chi connectivity index (χ0) is 28.3. The highest BCUT2D eigenvalue weighted by Gasteiger charge is 2.47. The SMILES string of the molecule is O=C(NCC(=O)N1CC[C@H]2[C@@H]1CCN2[C@H]1CC[C@H](C(=O)NCc2ccccn2)CC1)c1cccc(C(F)(F)F)c1. The van der Waals surface area contributed by atoms with E-state index in [1.54, 1.807) is 6.20 Å². The number of benzene rings is 1. The second-order valence-electron chi connectivity index (χ2n) is 10.8. The molecule has 40 heavy (non-hydrogen) atoms. The molecule has 2 saturated heterocycles. The molecular formula is C29H34F3N5O3. The molecule has 1 aromatic heterocycles. The summed E-state index contributed by atoms with van der Waals surface area (Å²) < 4.78 is 38.9. The molecule has 11 heteroatoms. The molecule has 1 saturated carbocycles. The quantitative estimate of drug-likeness (QED) is 0.545. The Morgan fingerprint density at radius 3 is 2.40 bits per heavy atom. The monoisotopic (exact) mass is 557 g/mol. The lowest BCUT2D eigenvalue weighted by Gasteiger charge is -2.37. The Hall–Kier alpha value is -3.47. The topological polar surface area (TPSA) is 94.6 Å². The number of hydrogen-bond donors (Lipinski definition) is 2. The van der Waals surface area contributed by atoms with Crippen LogP contribution in [-0.4, -0.2) is 70.3 Å². The van der Waals surface area contributed by atoms with Crippen molar-refractivity contribution in [2.75, 3.05) is 19.6 Å². The molecule has 3 aliphatic rings. The van der Waals surface area contributed by atoms with Gasteiger partial charge in [-0.05, 0) is 68.9 Å². The fourth-order valence-corrected chi connectivity index (χ4v) is 6.47. The Bertz CT molecular complexity index is 1220. The molecule has 2 N–H and O–H groups in total. The number of amides is 3. The second kappa shape index (κ2) is 12.0. The highest BCUT2D eigenvalue weighted by atomic mass is 19.4. The summed E-state index contributed by atoms with van der Waals surface area (Å²) in [4.78, 5) is 46.7. The molecule has 0 radical (unpaired) electrons. The molecule has 1 aromatic carbocycles. The van der Waals surface area contributed by atoms with Gasteiger partial charge in [-0.25, -0.2) is 0 Å². The van der Waals surface area contributed by atoms with Crippen molar-refractivity contribution in [3.05, 3.63) is 65.5 Å². The first kappa shape index (κ1) is 28.1. The van der Waals surface area contributed by atoms with E-state index in [4.69, 9.17) is 0 Å². The van der Waals surface area contributed by atoms with Crippen molar-refractivity contribution in [1.29, 1.82) is 0 Å². The van der Waals surface area contributed by atoms with Crippen LogP contribution in [0.1, 0.15) is 60.1 Å². The van der Waals surface area contributed by atoms with E-state index >= 15 is 0 Å². The van der Waals surface area contributed by atoms with Gasteiger partial charge >= 0.3 is 6.18 Å². The van der Waals surface area contributed by atoms with Crippen molar-refractivity contribution in [3.8, 4) is 0 Å². The van der Waals surface area contributed by atoms with Crippen molar-refractivity contribution < 1.29 is 27.6 Å². The van der Waals surface area contributed by atoms with E-state index in [-0.39, 0.29) is 41.9 Å². The van der Waals surface area contributed by atoms with E-state index in [0.29, 0.717) is 19.1 Å². The lowest BCUT2D eigenvalue weighted by Crippen LogP contribution is -2.47. The van der Waals surface area contributed by atoms with Crippen LogP contribution in [0.4, 0.5) is 13.2 Å². The Morgan fingerprint density at radius 1 is 0.900 bits per heavy atom. The Morgan fingerprint density at radius 2 is 1.68 bits per heavy atom. The average Bonchev–Trinajstić information content (AvgIpc) is 3.57. The van der Waals surface area contributed by atoms with Crippen molar-refractivity contribution in [1.82, 2.24) is 25.4 Å². The normalized spacial score (nSPS) is 24.9. The molecule has 0 bridgehead atoms. The molecule has 8 nitrogen and oxygen atoms in total. The number of pyridine rings is 1. The van der Waals surface area contributed by atoms with E-state index < -0.39 is 17.6 Å². The van der Waals surface area contributed by atoms with Crippen LogP contribution in [0.15, 0.2) is 48.7 Å². The smallest absolute Gasteiger partial charge is 0.350 e. The average molecular weight is 558 g/mol. The predicted octanol–water partition coefficient (Wildman–Crippen LogP) is 3.38. The number of fused-ring (bicyclic) bond motifs is 1. The number of halogens is 3. The lowest BCUT2D eigenvalue weighted by atomic mass is 9.84. The molecule has 2 atom stereocenters. The predicted molar refractivity (Wildman–Crippen MR) is 141 cm³/mol. The van der Waals surface area contributed by atoms with Gasteiger partial charge in [-0.1, -0.05) is 12.1 Å². The van der Waals surface area contributed by atoms with Gasteiger partial charge in [0.2, 0.25) is 11.8 Å². The molecule has 3 heterocycles. The minimum absolute atomic E-state index is 0.000420. The van der Waals surface area contributed by atoms with Crippen LogP contribution in [-0.2, 0) is 22.3 Å². The van der Waals surface area contributed by atoms with Gasteiger partial charge in [0, 0.05) is 48.9 Å². The number of carbonyl (C=O) groups is 3. The second-order valence-corrected chi connectivity index (χ2v) is 10.8. The number of nitrogens with one attached hydrogen (secondary N) is 2. The van der Waals surface area contributed by atoms with Gasteiger partial charge < -0.3 is 15.5 Å². The minimum Gasteiger partial charge on any atom is -0.350 e. The van der Waals surface area contributed by atoms with Gasteiger partial charge in [-0.2, -0.15) is 13.2 Å². The maximum atomic E-state index is 13.0. The first-order valence-electron chi connectivity index (χ1n) is 13.9. The maximum absolute atomic E-state index is 13.0. The zero-order valence-corrected chi connectivity index (χ0v) is 22.2. The molecular weight excluding hydrogens is 523 g/mol. The van der Waals surface area contributed by atoms with Crippen LogP contribution in [0.3, 0.4) is 0 Å². The number of aromatic nitrogens is 1. The van der Waals surface area contributed by atoms with E-state index in [1.165, 1.54) is 12.1 Å². The summed E-state index contributed by atoms with van der Waals surface area (Å²) in [6, 6.07) is 10.5. The molecule has 0 spiro atoms. The highest BCUT2D eigenvalue weighted by molar-refractivity contribution is 5.96. The third kappa shape index (κ3) is 6.29. The van der Waals surface area contributed by atoms with Crippen LogP contribution >= 0.6 is 0 Å². The highest BCUT2D eigenvalue weighted by Crippen LogP contribution is 2.38. The van der Waals surface area contributed by atoms with Crippen LogP contribution in [0.5, 0.6) is 0 Å². The van der Waals surface area contributed by atoms with Crippen molar-refractivity contribution in [2.24, 2.45) is 5.92 Å². The molecule has 1 aliphatic carbocycles. The minimum atomic E-state index is -4.54. The fraction of sp³-hybridized carbons (Fsp3) is 0.517. The van der Waals surface area contributed by atoms with Gasteiger partial charge in [0.25, 0.3) is 5.91 Å². The van der Waals surface area contributed by atoms with Crippen LogP contribution in [0, 0.1) is 5.92 Å². The first-order valence-corrected chi connectivity index (χ1v) is 13.9. The summed E-state index contributed by atoms with van der Waals surface area (Å²) in [5.74, 6) is -0.847. The van der Waals surface area contributed by atoms with E-state index in [9.17, 15) is 27.6 Å². The summed E-state index contributed by atoms with van der Waals surface area (Å²) in [6.45, 7) is 1.66. The maximum Gasteiger partial charge on any atom is 0.416 e. The van der Waals surface area contributed by atoms with Crippen LogP contribution in [0.2, 0.25) is 0 Å². The van der Waals surface area contributed by atoms with Gasteiger partial charge in [0.15, 0.2) is 0 Å². The summed E-state index contributed by atoms with van der Waals surface area (Å²) in [6.07, 6.45) is 2.40. The number of nitrogens with zero attached hydrogens (tertiary/aromatic N) is 3. The molecule has 2 aromatic rings. The standard InChI is InChI=1S/C29H34F3N5O3/c30-29(31,32)21-5-3-4-20(16-21)28(40)35-18-26(38)37-15-12-24-25(37)11-14-36(24)23-9-7-19(8-10-23)27(39)34-17-22-6-1-2-13-33-22/h1-6,13,16,19,23-25H,7-12,14-15,17-18H2,(H,34,39)(H,35,40)/t19-,23-,24-,25-/m0/s1. The van der Waals surface area contributed by atoms with Crippen LogP contribution < -0.4 is 10.6 Å². The van der Waals surface area contributed by atoms with E-state index in [2.05, 4.69) is 20.5 Å². The van der Waals surface area contributed by atoms with Crippen molar-refractivity contribution >= 4 is 17.7 Å². The Kier molecular flexibility index (Phi) is 8.39. The van der Waals surface area contributed by atoms with Crippen molar-refractivity contribution in [2.45, 2.75) is 69.4 Å². The molecule has 3 amide bonds. The molecule has 5 rings (SSSR count). The summed E-state index contributed by atoms with van der Waals surface area (Å²) in [7, 11) is 0. The lowest BCUT2D eigenvalue weighted by molar-refractivity contribution is -0.137. The number of alkyl halides is 3. The number of carbonyl (C=O) groups excluding carboxylic acids is 3. The van der Waals surface area contributed by atoms with Gasteiger partial charge in [-0.3, -0.25) is 24.3 Å². The molecule has 2 aliphatic heterocycles. The fourth-order valence-electron chi connectivity index (χ4n) is 6.47. The first-order chi connectivity index (χ1) is 19.2. The Balaban J connectivity index is 1.08. The number of rotatable bonds is 7. The van der Waals surface area contributed by atoms with E-state index in [0.717, 1.165) is 62.9 Å². The summed E-state index contributed by atoms with van der Waals surface area (Å²) >= 11 is 0. The number of likely N-dealkylation sites (tertiary alicyclic amines) is 2. The zero-order valence-electron chi connectivity index (χ0n) is 22.2. The largest absolute Gasteiger partial charge is 0.416 e. The molecule has 214 valence electrons. The van der Waals surface area contributed by atoms with Gasteiger partial charge in [0.1, 0.15) is 0 Å². The van der Waals surface area contributed by atoms with Gasteiger partial charge in [-0.15, -0.1) is 0 Å². The number of hydrogen-bond acceptors (Lipinski definition) is 5. The third-order valence-corrected chi connectivity index (χ3v) is 8.50. The van der Waals surface area contributed by atoms with Crippen LogP contribution in [0.25, 0.3) is 0 Å². The third-order valence-electron chi connectivity index (χ3n) is 8.50. The Labute approximate surface area is 231 Å². The van der Waals surface area contributed by atoms with Crippen molar-refractivity contribution in [3.63, 3.8) is 0 Å². The molecule has 3 fully saturated rings.